The van der Waals surface area contributed by atoms with Gasteiger partial charge in [-0.3, -0.25) is 9.59 Å². The predicted molar refractivity (Wildman–Crippen MR) is 135 cm³/mol. The number of amides is 4. The largest absolute Gasteiger partial charge is 0.340 e. The van der Waals surface area contributed by atoms with Gasteiger partial charge in [-0.25, -0.2) is 14.8 Å². The summed E-state index contributed by atoms with van der Waals surface area (Å²) in [4.78, 5) is 41.1. The van der Waals surface area contributed by atoms with E-state index in [-0.39, 0.29) is 32.1 Å². The van der Waals surface area contributed by atoms with Crippen molar-refractivity contribution in [1.29, 1.82) is 5.26 Å². The first-order valence-corrected chi connectivity index (χ1v) is 11.7. The average Bonchev–Trinajstić information content (AvgIpc) is 2.96. The first-order chi connectivity index (χ1) is 17.5. The lowest BCUT2D eigenvalue weighted by molar-refractivity contribution is -0.136. The molecule has 0 radical (unpaired) electrons. The van der Waals surface area contributed by atoms with Crippen LogP contribution in [0.25, 0.3) is 10.8 Å². The number of fused-ring (bicyclic) bond motifs is 1. The minimum atomic E-state index is -0.877. The molecule has 1 fully saturated rings. The summed E-state index contributed by atoms with van der Waals surface area (Å²) in [5.74, 6) is -0.660. The Morgan fingerprint density at radius 2 is 1.78 bits per heavy atom. The molecule has 1 aliphatic heterocycles. The van der Waals surface area contributed by atoms with Crippen LogP contribution in [0.1, 0.15) is 17.2 Å². The van der Waals surface area contributed by atoms with E-state index in [1.54, 1.807) is 17.0 Å². The Labute approximate surface area is 209 Å². The van der Waals surface area contributed by atoms with Gasteiger partial charge in [0.05, 0.1) is 12.6 Å². The van der Waals surface area contributed by atoms with Crippen LogP contribution in [-0.4, -0.2) is 66.0 Å². The van der Waals surface area contributed by atoms with Gasteiger partial charge in [-0.2, -0.15) is 5.26 Å². The smallest absolute Gasteiger partial charge is 0.332 e. The molecule has 9 heteroatoms. The third-order valence-electron chi connectivity index (χ3n) is 6.20. The van der Waals surface area contributed by atoms with Crippen molar-refractivity contribution in [3.63, 3.8) is 0 Å². The van der Waals surface area contributed by atoms with Gasteiger partial charge in [-0.05, 0) is 21.9 Å². The fourth-order valence-corrected chi connectivity index (χ4v) is 4.41. The lowest BCUT2D eigenvalue weighted by Gasteiger charge is -2.33. The molecule has 0 unspecified atom stereocenters. The van der Waals surface area contributed by atoms with E-state index >= 15 is 0 Å². The Balaban J connectivity index is 1.71. The molecule has 4 amide bonds. The second-order valence-corrected chi connectivity index (χ2v) is 8.47. The zero-order valence-electron chi connectivity index (χ0n) is 20.1. The molecule has 0 bridgehead atoms. The van der Waals surface area contributed by atoms with E-state index in [4.69, 9.17) is 0 Å². The van der Waals surface area contributed by atoms with Crippen molar-refractivity contribution in [1.82, 2.24) is 25.6 Å². The fraction of sp³-hybridized carbons (Fsp3) is 0.259. The average molecular weight is 485 g/mol. The second kappa shape index (κ2) is 11.3. The highest BCUT2D eigenvalue weighted by molar-refractivity contribution is 5.91. The molecule has 0 saturated carbocycles. The molecule has 0 aliphatic carbocycles. The molecule has 3 aromatic rings. The van der Waals surface area contributed by atoms with Gasteiger partial charge in [0, 0.05) is 26.7 Å². The first kappa shape index (κ1) is 24.7. The van der Waals surface area contributed by atoms with Crippen molar-refractivity contribution < 1.29 is 14.4 Å². The van der Waals surface area contributed by atoms with E-state index < -0.39 is 18.0 Å². The van der Waals surface area contributed by atoms with Gasteiger partial charge in [0.2, 0.25) is 11.8 Å². The van der Waals surface area contributed by atoms with Gasteiger partial charge >= 0.3 is 6.03 Å². The first-order valence-electron chi connectivity index (χ1n) is 11.7. The molecule has 1 aliphatic rings. The highest BCUT2D eigenvalue weighted by Crippen LogP contribution is 2.23. The number of nitrogens with zero attached hydrogens (tertiary/aromatic N) is 4. The standard InChI is InChI=1S/C27H28N6O3/c1-29-27(36)33(15-14-28)32-17-16-31(18-22-12-7-11-20-8-5-6-13-23(20)22)26(35)25(30-24(34)19-32)21-9-3-2-4-10-21/h2-13,25H,15-19H2,1H3,(H,29,36)(H,30,34)/t25-/m0/s1. The molecular weight excluding hydrogens is 456 g/mol. The van der Waals surface area contributed by atoms with Crippen LogP contribution in [0.5, 0.6) is 0 Å². The summed E-state index contributed by atoms with van der Waals surface area (Å²) in [6.07, 6.45) is 0. The zero-order valence-corrected chi connectivity index (χ0v) is 20.1. The van der Waals surface area contributed by atoms with Crippen LogP contribution in [0.15, 0.2) is 72.8 Å². The van der Waals surface area contributed by atoms with Gasteiger partial charge in [0.1, 0.15) is 12.6 Å². The van der Waals surface area contributed by atoms with E-state index in [0.29, 0.717) is 12.1 Å². The Morgan fingerprint density at radius 1 is 1.06 bits per heavy atom. The monoisotopic (exact) mass is 484 g/mol. The van der Waals surface area contributed by atoms with E-state index in [2.05, 4.69) is 10.6 Å². The quantitative estimate of drug-likeness (QED) is 0.541. The number of carbonyl (C=O) groups is 3. The zero-order chi connectivity index (χ0) is 25.5. The summed E-state index contributed by atoms with van der Waals surface area (Å²) >= 11 is 0. The topological polar surface area (TPSA) is 109 Å². The fourth-order valence-electron chi connectivity index (χ4n) is 4.41. The lowest BCUT2D eigenvalue weighted by atomic mass is 10.0. The van der Waals surface area contributed by atoms with E-state index in [9.17, 15) is 19.6 Å². The summed E-state index contributed by atoms with van der Waals surface area (Å²) in [6, 6.07) is 23.7. The summed E-state index contributed by atoms with van der Waals surface area (Å²) in [5.41, 5.74) is 1.65. The number of nitrogens with one attached hydrogen (secondary N) is 2. The van der Waals surface area contributed by atoms with Crippen LogP contribution in [-0.2, 0) is 16.1 Å². The Hall–Kier alpha value is -4.42. The predicted octanol–water partition coefficient (Wildman–Crippen LogP) is 2.42. The number of hydrazine groups is 1. The summed E-state index contributed by atoms with van der Waals surface area (Å²) in [7, 11) is 1.46. The SMILES string of the molecule is CNC(=O)N(CC#N)N1CCN(Cc2cccc3ccccc23)C(=O)[C@H](c2ccccc2)NC(=O)C1. The maximum absolute atomic E-state index is 13.9. The number of hydrogen-bond donors (Lipinski definition) is 2. The van der Waals surface area contributed by atoms with Crippen LogP contribution in [0.4, 0.5) is 4.79 Å². The number of benzene rings is 3. The Kier molecular flexibility index (Phi) is 7.78. The Morgan fingerprint density at radius 3 is 2.53 bits per heavy atom. The number of urea groups is 1. The molecule has 9 nitrogen and oxygen atoms in total. The molecular formula is C27H28N6O3. The van der Waals surface area contributed by atoms with Crippen LogP contribution in [0.2, 0.25) is 0 Å². The van der Waals surface area contributed by atoms with E-state index in [1.165, 1.54) is 17.1 Å². The van der Waals surface area contributed by atoms with Crippen molar-refractivity contribution in [2.24, 2.45) is 0 Å². The normalized spacial score (nSPS) is 16.9. The molecule has 0 spiro atoms. The summed E-state index contributed by atoms with van der Waals surface area (Å²) < 4.78 is 0. The van der Waals surface area contributed by atoms with Gasteiger partial charge < -0.3 is 15.5 Å². The highest BCUT2D eigenvalue weighted by Gasteiger charge is 2.32. The molecule has 184 valence electrons. The molecule has 1 saturated heterocycles. The third kappa shape index (κ3) is 5.45. The van der Waals surface area contributed by atoms with Gasteiger partial charge in [0.15, 0.2) is 0 Å². The molecule has 4 rings (SSSR count). The van der Waals surface area contributed by atoms with E-state index in [1.807, 2.05) is 66.7 Å². The minimum absolute atomic E-state index is 0.173. The molecule has 2 N–H and O–H groups in total. The maximum Gasteiger partial charge on any atom is 0.332 e. The minimum Gasteiger partial charge on any atom is -0.340 e. The van der Waals surface area contributed by atoms with Gasteiger partial charge in [-0.15, -0.1) is 0 Å². The summed E-state index contributed by atoms with van der Waals surface area (Å²) in [6.45, 7) is 0.366. The third-order valence-corrected chi connectivity index (χ3v) is 6.20. The summed E-state index contributed by atoms with van der Waals surface area (Å²) in [5, 5.41) is 19.5. The van der Waals surface area contributed by atoms with Crippen LogP contribution < -0.4 is 10.6 Å². The van der Waals surface area contributed by atoms with Crippen molar-refractivity contribution >= 4 is 28.6 Å². The molecule has 1 atom stereocenters. The van der Waals surface area contributed by atoms with Crippen molar-refractivity contribution in [2.45, 2.75) is 12.6 Å². The Bertz CT molecular complexity index is 1280. The number of nitriles is 1. The van der Waals surface area contributed by atoms with Crippen LogP contribution >= 0.6 is 0 Å². The second-order valence-electron chi connectivity index (χ2n) is 8.47. The van der Waals surface area contributed by atoms with Crippen molar-refractivity contribution in [3.05, 3.63) is 83.9 Å². The molecule has 0 aromatic heterocycles. The molecule has 3 aromatic carbocycles. The lowest BCUT2D eigenvalue weighted by Crippen LogP contribution is -2.54. The van der Waals surface area contributed by atoms with Crippen molar-refractivity contribution in [2.75, 3.05) is 33.2 Å². The molecule has 36 heavy (non-hydrogen) atoms. The highest BCUT2D eigenvalue weighted by atomic mass is 16.2. The number of rotatable bonds is 5. The van der Waals surface area contributed by atoms with Crippen molar-refractivity contribution in [3.8, 4) is 6.07 Å². The van der Waals surface area contributed by atoms with Crippen LogP contribution in [0, 0.1) is 11.3 Å². The van der Waals surface area contributed by atoms with E-state index in [0.717, 1.165) is 16.3 Å². The number of hydrogen-bond acceptors (Lipinski definition) is 5. The van der Waals surface area contributed by atoms with Crippen LogP contribution in [0.3, 0.4) is 0 Å². The molecule has 1 heterocycles. The van der Waals surface area contributed by atoms with Gasteiger partial charge in [0.25, 0.3) is 0 Å². The van der Waals surface area contributed by atoms with Gasteiger partial charge in [-0.1, -0.05) is 72.8 Å². The number of carbonyl (C=O) groups excluding carboxylic acids is 3. The maximum atomic E-state index is 13.9.